The average Bonchev–Trinajstić information content (AvgIpc) is 2.48. The number of nitrogens with two attached hydrogens (primary N) is 1. The van der Waals surface area contributed by atoms with E-state index in [-0.39, 0.29) is 10.8 Å². The first-order valence-electron chi connectivity index (χ1n) is 6.00. The molecular weight excluding hydrogens is 290 g/mol. The highest BCUT2D eigenvalue weighted by Crippen LogP contribution is 2.23. The normalized spacial score (nSPS) is 11.4. The van der Waals surface area contributed by atoms with E-state index in [0.717, 1.165) is 12.4 Å². The van der Waals surface area contributed by atoms with Gasteiger partial charge in [0, 0.05) is 11.6 Å². The summed E-state index contributed by atoms with van der Waals surface area (Å²) in [5, 5.41) is 0.708. The number of hydrogen-bond donors (Lipinski definition) is 2. The van der Waals surface area contributed by atoms with Crippen LogP contribution in [0.4, 0.5) is 11.6 Å². The molecule has 0 saturated carbocycles. The summed E-state index contributed by atoms with van der Waals surface area (Å²) in [6.07, 6.45) is 3.97. The quantitative estimate of drug-likeness (QED) is 0.756. The summed E-state index contributed by atoms with van der Waals surface area (Å²) in [7, 11) is -3.78. The van der Waals surface area contributed by atoms with Crippen LogP contribution in [0.5, 0.6) is 0 Å². The molecule has 0 fully saturated rings. The van der Waals surface area contributed by atoms with Crippen molar-refractivity contribution in [2.24, 2.45) is 0 Å². The lowest BCUT2D eigenvalue weighted by atomic mass is 10.2. The lowest BCUT2D eigenvalue weighted by Gasteiger charge is -2.09. The van der Waals surface area contributed by atoms with Gasteiger partial charge in [0.25, 0.3) is 10.0 Å². The number of sulfonamides is 1. The van der Waals surface area contributed by atoms with Gasteiger partial charge in [0.15, 0.2) is 0 Å². The van der Waals surface area contributed by atoms with Gasteiger partial charge in [-0.3, -0.25) is 9.71 Å². The number of nitrogens with one attached hydrogen (secondary N) is 1. The number of anilines is 2. The molecule has 0 atom stereocenters. The van der Waals surface area contributed by atoms with Crippen LogP contribution in [0, 0.1) is 0 Å². The van der Waals surface area contributed by atoms with Gasteiger partial charge in [0.05, 0.1) is 23.6 Å². The zero-order valence-electron chi connectivity index (χ0n) is 10.8. The van der Waals surface area contributed by atoms with E-state index in [2.05, 4.69) is 19.7 Å². The lowest BCUT2D eigenvalue weighted by Crippen LogP contribution is -2.14. The van der Waals surface area contributed by atoms with Gasteiger partial charge in [0.2, 0.25) is 5.95 Å². The summed E-state index contributed by atoms with van der Waals surface area (Å²) in [5.41, 5.74) is 6.49. The fourth-order valence-corrected chi connectivity index (χ4v) is 2.83. The molecule has 0 aliphatic heterocycles. The number of nitrogen functional groups attached to an aromatic ring is 1. The van der Waals surface area contributed by atoms with Gasteiger partial charge in [-0.1, -0.05) is 6.07 Å². The summed E-state index contributed by atoms with van der Waals surface area (Å²) in [5.74, 6) is 0.0170. The molecule has 3 rings (SSSR count). The molecule has 106 valence electrons. The fourth-order valence-electron chi connectivity index (χ4n) is 1.86. The Hall–Kier alpha value is -2.74. The van der Waals surface area contributed by atoms with Crippen LogP contribution in [-0.2, 0) is 10.0 Å². The highest BCUT2D eigenvalue weighted by atomic mass is 32.2. The van der Waals surface area contributed by atoms with E-state index in [4.69, 9.17) is 5.73 Å². The van der Waals surface area contributed by atoms with Gasteiger partial charge in [-0.15, -0.1) is 0 Å². The predicted octanol–water partition coefficient (Wildman–Crippen LogP) is 1.41. The number of rotatable bonds is 3. The Bertz CT molecular complexity index is 889. The van der Waals surface area contributed by atoms with E-state index in [1.807, 2.05) is 0 Å². The van der Waals surface area contributed by atoms with Gasteiger partial charge in [-0.25, -0.2) is 18.4 Å². The van der Waals surface area contributed by atoms with Gasteiger partial charge >= 0.3 is 0 Å². The Morgan fingerprint density at radius 3 is 2.52 bits per heavy atom. The molecule has 2 heterocycles. The monoisotopic (exact) mass is 301 g/mol. The highest BCUT2D eigenvalue weighted by molar-refractivity contribution is 7.92. The second kappa shape index (κ2) is 4.98. The minimum absolute atomic E-state index is 0.0170. The van der Waals surface area contributed by atoms with Crippen molar-refractivity contribution in [2.75, 3.05) is 10.5 Å². The summed E-state index contributed by atoms with van der Waals surface area (Å²) >= 11 is 0. The fraction of sp³-hybridized carbons (Fsp3) is 0. The molecule has 3 aromatic rings. The van der Waals surface area contributed by atoms with Crippen molar-refractivity contribution in [3.63, 3.8) is 0 Å². The SMILES string of the molecule is Nc1ncc(S(=O)(=O)Nc2cccc3ncccc23)cn1. The zero-order chi connectivity index (χ0) is 14.9. The number of aromatic nitrogens is 3. The molecule has 0 aliphatic rings. The molecule has 2 aromatic heterocycles. The van der Waals surface area contributed by atoms with E-state index in [0.29, 0.717) is 16.6 Å². The molecule has 0 aliphatic carbocycles. The Morgan fingerprint density at radius 2 is 1.76 bits per heavy atom. The molecule has 0 saturated heterocycles. The molecule has 8 heteroatoms. The maximum absolute atomic E-state index is 12.3. The average molecular weight is 301 g/mol. The van der Waals surface area contributed by atoms with E-state index in [1.54, 1.807) is 36.5 Å². The van der Waals surface area contributed by atoms with Crippen LogP contribution in [0.25, 0.3) is 10.9 Å². The summed E-state index contributed by atoms with van der Waals surface area (Å²) in [4.78, 5) is 11.5. The van der Waals surface area contributed by atoms with Crippen LogP contribution in [0.2, 0.25) is 0 Å². The first-order chi connectivity index (χ1) is 10.1. The van der Waals surface area contributed by atoms with Gasteiger partial charge < -0.3 is 5.73 Å². The first kappa shape index (κ1) is 13.3. The molecule has 1 aromatic carbocycles. The smallest absolute Gasteiger partial charge is 0.264 e. The Morgan fingerprint density at radius 1 is 1.00 bits per heavy atom. The third-order valence-corrected chi connectivity index (χ3v) is 4.17. The van der Waals surface area contributed by atoms with E-state index >= 15 is 0 Å². The van der Waals surface area contributed by atoms with Crippen molar-refractivity contribution < 1.29 is 8.42 Å². The molecule has 0 amide bonds. The number of nitrogens with zero attached hydrogens (tertiary/aromatic N) is 3. The van der Waals surface area contributed by atoms with Crippen LogP contribution >= 0.6 is 0 Å². The Labute approximate surface area is 120 Å². The van der Waals surface area contributed by atoms with Crippen LogP contribution in [-0.4, -0.2) is 23.4 Å². The highest BCUT2D eigenvalue weighted by Gasteiger charge is 2.16. The van der Waals surface area contributed by atoms with E-state index in [9.17, 15) is 8.42 Å². The van der Waals surface area contributed by atoms with Crippen molar-refractivity contribution >= 4 is 32.6 Å². The molecule has 0 bridgehead atoms. The first-order valence-corrected chi connectivity index (χ1v) is 7.49. The van der Waals surface area contributed by atoms with E-state index in [1.165, 1.54) is 0 Å². The molecular formula is C13H11N5O2S. The van der Waals surface area contributed by atoms with Gasteiger partial charge in [-0.2, -0.15) is 0 Å². The van der Waals surface area contributed by atoms with Crippen LogP contribution in [0.15, 0.2) is 53.8 Å². The Balaban J connectivity index is 2.03. The standard InChI is InChI=1S/C13H11N5O2S/c14-13-16-7-9(8-17-13)21(19,20)18-12-5-1-4-11-10(12)3-2-6-15-11/h1-8,18H,(H2,14,16,17). The molecule has 0 unspecified atom stereocenters. The van der Waals surface area contributed by atoms with Crippen molar-refractivity contribution in [1.29, 1.82) is 0 Å². The summed E-state index contributed by atoms with van der Waals surface area (Å²) in [6.45, 7) is 0. The van der Waals surface area contributed by atoms with Crippen LogP contribution in [0.3, 0.4) is 0 Å². The van der Waals surface area contributed by atoms with Crippen molar-refractivity contribution in [2.45, 2.75) is 4.90 Å². The number of pyridine rings is 1. The topological polar surface area (TPSA) is 111 Å². The zero-order valence-corrected chi connectivity index (χ0v) is 11.6. The second-order valence-electron chi connectivity index (χ2n) is 4.26. The molecule has 3 N–H and O–H groups in total. The third kappa shape index (κ3) is 2.61. The summed E-state index contributed by atoms with van der Waals surface area (Å²) < 4.78 is 27.1. The maximum atomic E-state index is 12.3. The molecule has 0 radical (unpaired) electrons. The molecule has 0 spiro atoms. The van der Waals surface area contributed by atoms with Gasteiger partial charge in [0.1, 0.15) is 4.90 Å². The lowest BCUT2D eigenvalue weighted by molar-refractivity contribution is 0.600. The number of hydrogen-bond acceptors (Lipinski definition) is 6. The maximum Gasteiger partial charge on any atom is 0.264 e. The van der Waals surface area contributed by atoms with E-state index < -0.39 is 10.0 Å². The van der Waals surface area contributed by atoms with Gasteiger partial charge in [-0.05, 0) is 24.3 Å². The number of fused-ring (bicyclic) bond motifs is 1. The van der Waals surface area contributed by atoms with Crippen molar-refractivity contribution in [3.05, 3.63) is 48.9 Å². The third-order valence-electron chi connectivity index (χ3n) is 2.85. The molecule has 21 heavy (non-hydrogen) atoms. The van der Waals surface area contributed by atoms with Crippen molar-refractivity contribution in [3.8, 4) is 0 Å². The summed E-state index contributed by atoms with van der Waals surface area (Å²) in [6, 6.07) is 8.73. The van der Waals surface area contributed by atoms with Crippen LogP contribution < -0.4 is 10.5 Å². The Kier molecular flexibility index (Phi) is 3.15. The second-order valence-corrected chi connectivity index (χ2v) is 5.94. The largest absolute Gasteiger partial charge is 0.368 e. The van der Waals surface area contributed by atoms with Crippen LogP contribution in [0.1, 0.15) is 0 Å². The minimum atomic E-state index is -3.78. The molecule has 7 nitrogen and oxygen atoms in total. The minimum Gasteiger partial charge on any atom is -0.368 e. The van der Waals surface area contributed by atoms with Crippen molar-refractivity contribution in [1.82, 2.24) is 15.0 Å². The predicted molar refractivity (Wildman–Crippen MR) is 79.0 cm³/mol. The number of benzene rings is 1.